The van der Waals surface area contributed by atoms with Gasteiger partial charge in [-0.05, 0) is 55.0 Å². The van der Waals surface area contributed by atoms with Crippen LogP contribution in [0, 0.1) is 11.6 Å². The van der Waals surface area contributed by atoms with Crippen molar-refractivity contribution in [1.29, 1.82) is 0 Å². The van der Waals surface area contributed by atoms with Gasteiger partial charge < -0.3 is 15.7 Å². The number of carbonyl (C=O) groups excluding carboxylic acids is 1. The van der Waals surface area contributed by atoms with Crippen LogP contribution in [0.2, 0.25) is 0 Å². The second kappa shape index (κ2) is 10.9. The van der Waals surface area contributed by atoms with E-state index in [-0.39, 0.29) is 24.4 Å². The van der Waals surface area contributed by atoms with Gasteiger partial charge in [0.15, 0.2) is 0 Å². The van der Waals surface area contributed by atoms with Crippen molar-refractivity contribution in [3.8, 4) is 0 Å². The van der Waals surface area contributed by atoms with Gasteiger partial charge in [-0.1, -0.05) is 33.1 Å². The molecule has 0 bridgehead atoms. The first-order chi connectivity index (χ1) is 15.2. The first kappa shape index (κ1) is 24.8. The Kier molecular flexibility index (Phi) is 8.42. The lowest BCUT2D eigenvalue weighted by atomic mass is 9.80. The zero-order chi connectivity index (χ0) is 23.3. The Hall–Kier alpha value is -1.83. The van der Waals surface area contributed by atoms with E-state index < -0.39 is 23.8 Å². The van der Waals surface area contributed by atoms with Gasteiger partial charge >= 0.3 is 0 Å². The average molecular weight is 465 g/mol. The summed E-state index contributed by atoms with van der Waals surface area (Å²) in [5, 5.41) is 17.4. The molecule has 0 spiro atoms. The molecule has 1 fully saturated rings. The van der Waals surface area contributed by atoms with E-state index >= 15 is 0 Å². The molecule has 176 valence electrons. The van der Waals surface area contributed by atoms with Gasteiger partial charge in [0.1, 0.15) is 11.6 Å². The molecule has 32 heavy (non-hydrogen) atoms. The largest absolute Gasteiger partial charge is 0.390 e. The number of hydrogen-bond donors (Lipinski definition) is 3. The van der Waals surface area contributed by atoms with E-state index in [0.717, 1.165) is 31.7 Å². The monoisotopic (exact) mass is 464 g/mol. The van der Waals surface area contributed by atoms with Crippen LogP contribution in [0.1, 0.15) is 74.1 Å². The lowest BCUT2D eigenvalue weighted by molar-refractivity contribution is -0.120. The minimum atomic E-state index is -0.909. The van der Waals surface area contributed by atoms with Crippen LogP contribution < -0.4 is 10.6 Å². The van der Waals surface area contributed by atoms with Crippen molar-refractivity contribution in [3.05, 3.63) is 57.3 Å². The third kappa shape index (κ3) is 6.36. The summed E-state index contributed by atoms with van der Waals surface area (Å²) in [5.74, 6) is -1.17. The van der Waals surface area contributed by atoms with Crippen molar-refractivity contribution < 1.29 is 18.7 Å². The molecule has 0 unspecified atom stereocenters. The first-order valence-corrected chi connectivity index (χ1v) is 12.3. The smallest absolute Gasteiger partial charge is 0.217 e. The summed E-state index contributed by atoms with van der Waals surface area (Å²) < 4.78 is 27.3. The SMILES string of the molecule is CC(=O)N[C@@H](Cc1cc(F)cc(F)c1)[C@H](O)CNC1(c2ccc(C(C)C)s2)CCCCC1. The number of carbonyl (C=O) groups is 1. The molecule has 0 saturated heterocycles. The third-order valence-corrected chi connectivity index (χ3v) is 7.85. The number of rotatable bonds is 9. The lowest BCUT2D eigenvalue weighted by Gasteiger charge is -2.39. The highest BCUT2D eigenvalue weighted by molar-refractivity contribution is 7.12. The zero-order valence-electron chi connectivity index (χ0n) is 19.1. The zero-order valence-corrected chi connectivity index (χ0v) is 19.9. The topological polar surface area (TPSA) is 61.4 Å². The summed E-state index contributed by atoms with van der Waals surface area (Å²) >= 11 is 1.83. The Morgan fingerprint density at radius 2 is 1.78 bits per heavy atom. The lowest BCUT2D eigenvalue weighted by Crippen LogP contribution is -2.52. The van der Waals surface area contributed by atoms with Gasteiger partial charge in [0.2, 0.25) is 5.91 Å². The van der Waals surface area contributed by atoms with Crippen LogP contribution in [0.3, 0.4) is 0 Å². The van der Waals surface area contributed by atoms with Gasteiger partial charge in [0.05, 0.1) is 17.7 Å². The summed E-state index contributed by atoms with van der Waals surface area (Å²) in [6.45, 7) is 6.03. The maximum atomic E-state index is 13.6. The molecule has 1 saturated carbocycles. The van der Waals surface area contributed by atoms with Gasteiger partial charge in [0, 0.05) is 29.3 Å². The van der Waals surface area contributed by atoms with Crippen LogP contribution >= 0.6 is 11.3 Å². The number of thiophene rings is 1. The highest BCUT2D eigenvalue weighted by atomic mass is 32.1. The molecule has 0 radical (unpaired) electrons. The van der Waals surface area contributed by atoms with Crippen LogP contribution in [0.15, 0.2) is 30.3 Å². The molecule has 3 N–H and O–H groups in total. The van der Waals surface area contributed by atoms with E-state index in [0.29, 0.717) is 11.5 Å². The van der Waals surface area contributed by atoms with Crippen LogP contribution in [0.4, 0.5) is 8.78 Å². The van der Waals surface area contributed by atoms with Gasteiger partial charge in [-0.3, -0.25) is 4.79 Å². The van der Waals surface area contributed by atoms with Crippen molar-refractivity contribution >= 4 is 17.2 Å². The van der Waals surface area contributed by atoms with Crippen molar-refractivity contribution in [2.24, 2.45) is 0 Å². The fourth-order valence-electron chi connectivity index (χ4n) is 4.56. The van der Waals surface area contributed by atoms with E-state index in [9.17, 15) is 18.7 Å². The summed E-state index contributed by atoms with van der Waals surface area (Å²) in [6.07, 6.45) is 4.67. The van der Waals surface area contributed by atoms with Gasteiger partial charge in [-0.25, -0.2) is 8.78 Å². The number of benzene rings is 1. The van der Waals surface area contributed by atoms with Gasteiger partial charge in [0.25, 0.3) is 0 Å². The Balaban J connectivity index is 1.75. The van der Waals surface area contributed by atoms with E-state index in [1.54, 1.807) is 0 Å². The summed E-state index contributed by atoms with van der Waals surface area (Å²) in [4.78, 5) is 14.4. The molecule has 2 aromatic rings. The fourth-order valence-corrected chi connectivity index (χ4v) is 5.79. The molecule has 3 rings (SSSR count). The van der Waals surface area contributed by atoms with E-state index in [1.807, 2.05) is 11.3 Å². The maximum absolute atomic E-state index is 13.6. The predicted molar refractivity (Wildman–Crippen MR) is 125 cm³/mol. The number of halogens is 2. The standard InChI is InChI=1S/C25H34F2N2O2S/c1-16(2)23-7-8-24(32-23)25(9-5-4-6-10-25)28-15-22(31)21(29-17(3)30)13-18-11-19(26)14-20(27)12-18/h7-8,11-12,14,16,21-22,28,31H,4-6,9-10,13,15H2,1-3H3,(H,29,30)/t21-,22+/m0/s1. The molecule has 7 heteroatoms. The Morgan fingerprint density at radius 1 is 1.12 bits per heavy atom. The summed E-state index contributed by atoms with van der Waals surface area (Å²) in [5.41, 5.74) is 0.204. The number of aliphatic hydroxyl groups is 1. The highest BCUT2D eigenvalue weighted by Crippen LogP contribution is 2.41. The molecule has 4 nitrogen and oxygen atoms in total. The van der Waals surface area contributed by atoms with Crippen molar-refractivity contribution in [2.75, 3.05) is 6.54 Å². The van der Waals surface area contributed by atoms with Crippen LogP contribution in [0.25, 0.3) is 0 Å². The first-order valence-electron chi connectivity index (χ1n) is 11.4. The molecule has 1 amide bonds. The minimum absolute atomic E-state index is 0.139. The predicted octanol–water partition coefficient (Wildman–Crippen LogP) is 5.01. The molecule has 0 aliphatic heterocycles. The number of aliphatic hydroxyl groups excluding tert-OH is 1. The van der Waals surface area contributed by atoms with Gasteiger partial charge in [-0.2, -0.15) is 0 Å². The number of amides is 1. The number of hydrogen-bond acceptors (Lipinski definition) is 4. The van der Waals surface area contributed by atoms with Crippen molar-refractivity contribution in [3.63, 3.8) is 0 Å². The summed E-state index contributed by atoms with van der Waals surface area (Å²) in [6, 6.07) is 7.02. The molecule has 1 aliphatic rings. The van der Waals surface area contributed by atoms with Crippen molar-refractivity contribution in [2.45, 2.75) is 82.9 Å². The minimum Gasteiger partial charge on any atom is -0.390 e. The Bertz CT molecular complexity index is 889. The molecular formula is C25H34F2N2O2S. The van der Waals surface area contributed by atoms with E-state index in [4.69, 9.17) is 0 Å². The molecule has 2 atom stereocenters. The second-order valence-corrected chi connectivity index (χ2v) is 10.4. The Morgan fingerprint density at radius 3 is 2.34 bits per heavy atom. The molecular weight excluding hydrogens is 430 g/mol. The maximum Gasteiger partial charge on any atom is 0.217 e. The molecule has 1 aliphatic carbocycles. The van der Waals surface area contributed by atoms with E-state index in [2.05, 4.69) is 36.6 Å². The third-order valence-electron chi connectivity index (χ3n) is 6.26. The summed E-state index contributed by atoms with van der Waals surface area (Å²) in [7, 11) is 0. The van der Waals surface area contributed by atoms with Crippen molar-refractivity contribution in [1.82, 2.24) is 10.6 Å². The van der Waals surface area contributed by atoms with Crippen LogP contribution in [0.5, 0.6) is 0 Å². The fraction of sp³-hybridized carbons (Fsp3) is 0.560. The van der Waals surface area contributed by atoms with Crippen LogP contribution in [-0.2, 0) is 16.8 Å². The Labute approximate surface area is 193 Å². The quantitative estimate of drug-likeness (QED) is 0.489. The average Bonchev–Trinajstić information content (AvgIpc) is 3.22. The van der Waals surface area contributed by atoms with E-state index in [1.165, 1.54) is 35.2 Å². The molecule has 1 heterocycles. The highest BCUT2D eigenvalue weighted by Gasteiger charge is 2.36. The normalized spacial score (nSPS) is 17.8. The van der Waals surface area contributed by atoms with Gasteiger partial charge in [-0.15, -0.1) is 11.3 Å². The molecule has 1 aromatic heterocycles. The van der Waals surface area contributed by atoms with Crippen LogP contribution in [-0.4, -0.2) is 29.7 Å². The second-order valence-electron chi connectivity index (χ2n) is 9.24. The molecule has 1 aromatic carbocycles. The number of nitrogens with one attached hydrogen (secondary N) is 2.